The van der Waals surface area contributed by atoms with Gasteiger partial charge >= 0.3 is 17.9 Å². The fourth-order valence-electron chi connectivity index (χ4n) is 9.10. The maximum Gasteiger partial charge on any atom is 0.350 e. The number of hydrogen-bond acceptors (Lipinski definition) is 11. The summed E-state index contributed by atoms with van der Waals surface area (Å²) in [6, 6.07) is 10.4. The van der Waals surface area contributed by atoms with Crippen molar-refractivity contribution < 1.29 is 42.9 Å². The number of hydrogen-bond donors (Lipinski definition) is 0. The normalized spacial score (nSPS) is 35.2. The molecule has 9 atom stereocenters. The van der Waals surface area contributed by atoms with Crippen LogP contribution in [0.5, 0.6) is 0 Å². The molecule has 0 bridgehead atoms. The highest BCUT2D eigenvalue weighted by molar-refractivity contribution is 7.10. The van der Waals surface area contributed by atoms with Crippen LogP contribution in [0.15, 0.2) is 35.7 Å². The lowest BCUT2D eigenvalue weighted by molar-refractivity contribution is -0.204. The van der Waals surface area contributed by atoms with E-state index in [1.807, 2.05) is 44.2 Å². The largest absolute Gasteiger partial charge is 0.462 e. The van der Waals surface area contributed by atoms with Crippen molar-refractivity contribution in [3.8, 4) is 0 Å². The van der Waals surface area contributed by atoms with E-state index in [0.717, 1.165) is 37.0 Å². The van der Waals surface area contributed by atoms with Gasteiger partial charge in [0.15, 0.2) is 5.60 Å². The van der Waals surface area contributed by atoms with E-state index in [-0.39, 0.29) is 18.9 Å². The van der Waals surface area contributed by atoms with Gasteiger partial charge in [0, 0.05) is 35.5 Å². The van der Waals surface area contributed by atoms with Crippen LogP contribution in [-0.2, 0) is 62.4 Å². The Morgan fingerprint density at radius 2 is 1.78 bits per heavy atom. The van der Waals surface area contributed by atoms with E-state index < -0.39 is 64.8 Å². The van der Waals surface area contributed by atoms with Crippen molar-refractivity contribution in [1.29, 1.82) is 0 Å². The van der Waals surface area contributed by atoms with Gasteiger partial charge in [-0.15, -0.1) is 11.3 Å². The number of thiophene rings is 1. The summed E-state index contributed by atoms with van der Waals surface area (Å²) in [7, 11) is 0. The smallest absolute Gasteiger partial charge is 0.350 e. The van der Waals surface area contributed by atoms with Crippen molar-refractivity contribution in [1.82, 2.24) is 4.90 Å². The summed E-state index contributed by atoms with van der Waals surface area (Å²) >= 11 is 8.08. The van der Waals surface area contributed by atoms with Gasteiger partial charge in [0.25, 0.3) is 6.47 Å². The quantitative estimate of drug-likeness (QED) is 0.172. The van der Waals surface area contributed by atoms with Crippen LogP contribution in [0.3, 0.4) is 0 Å². The second kappa shape index (κ2) is 15.5. The van der Waals surface area contributed by atoms with E-state index in [2.05, 4.69) is 49.3 Å². The topological polar surface area (TPSA) is 118 Å². The van der Waals surface area contributed by atoms with E-state index in [0.29, 0.717) is 6.42 Å². The Morgan fingerprint density at radius 3 is 2.45 bits per heavy atom. The van der Waals surface area contributed by atoms with Crippen molar-refractivity contribution in [2.75, 3.05) is 6.54 Å². The Balaban J connectivity index is 0.000000186. The molecule has 8 rings (SSSR count). The molecule has 1 aliphatic carbocycles. The number of halogens is 1. The van der Waals surface area contributed by atoms with E-state index in [1.165, 1.54) is 17.5 Å². The van der Waals surface area contributed by atoms with Gasteiger partial charge in [-0.3, -0.25) is 14.5 Å². The molecule has 10 nitrogen and oxygen atoms in total. The highest BCUT2D eigenvalue weighted by Gasteiger charge is 2.93. The van der Waals surface area contributed by atoms with Crippen molar-refractivity contribution in [2.24, 2.45) is 28.6 Å². The third kappa shape index (κ3) is 6.29. The Kier molecular flexibility index (Phi) is 12.0. The molecule has 0 radical (unpaired) electrons. The van der Waals surface area contributed by atoms with Crippen molar-refractivity contribution in [2.45, 2.75) is 124 Å². The minimum absolute atomic E-state index is 0.209. The zero-order valence-corrected chi connectivity index (χ0v) is 32.5. The first-order chi connectivity index (χ1) is 24.3. The molecule has 0 spiro atoms. The van der Waals surface area contributed by atoms with Crippen LogP contribution in [0.2, 0.25) is 5.02 Å². The highest BCUT2D eigenvalue weighted by Crippen LogP contribution is 2.77. The molecule has 2 aromatic rings. The van der Waals surface area contributed by atoms with Crippen LogP contribution in [0.25, 0.3) is 0 Å². The number of cyclic esters (lactones) is 1. The van der Waals surface area contributed by atoms with E-state index >= 15 is 0 Å². The van der Waals surface area contributed by atoms with Crippen LogP contribution in [0, 0.1) is 28.6 Å². The van der Waals surface area contributed by atoms with Gasteiger partial charge in [0.1, 0.15) is 12.2 Å². The van der Waals surface area contributed by atoms with Crippen molar-refractivity contribution in [3.63, 3.8) is 0 Å². The van der Waals surface area contributed by atoms with Crippen LogP contribution < -0.4 is 0 Å². The number of fused-ring (bicyclic) bond motifs is 3. The standard InChI is InChI=1S/C19H22O9.C14H14ClNS.C4H10.C2H6/c1-4-5-10-18-6-9-11(8(2)13(21)25-9)19(18,15(23)26-10)28-16-17(18,3)12(24-7-20)14(22)27-16;15-13-4-2-1-3-11(13)9-16-7-5-14-12(10-16)6-8-17-14;1-4(2)3;1-2/h7-12,16H,4-6H2,1-3H3;1-4,6,8H,5,7,9-10H2;4H,1-3H3;1-2H3/t8-,9?,10?,11?,12-,16-,17?,18?,19?;;;/m0.../s1. The van der Waals surface area contributed by atoms with Crippen LogP contribution in [0.1, 0.15) is 90.7 Å². The molecular formula is C39H52ClNO9S. The second-order valence-corrected chi connectivity index (χ2v) is 16.2. The lowest BCUT2D eigenvalue weighted by atomic mass is 9.54. The summed E-state index contributed by atoms with van der Waals surface area (Å²) in [5.74, 6) is -1.93. The molecule has 280 valence electrons. The SMILES string of the molecule is CC.CC(C)C.CCCC1OC(=O)C23O[C@@H]4OC(=O)[C@H](OC=O)C4(C)C12CC1OC(=O)[C@@H](C)C13.Clc1ccccc1CN1CCc2sccc2C1. The third-order valence-corrected chi connectivity index (χ3v) is 12.4. The van der Waals surface area contributed by atoms with E-state index in [1.54, 1.807) is 18.7 Å². The van der Waals surface area contributed by atoms with Crippen LogP contribution >= 0.6 is 22.9 Å². The minimum Gasteiger partial charge on any atom is -0.462 e. The number of ether oxygens (including phenoxy) is 5. The number of esters is 3. The first-order valence-electron chi connectivity index (χ1n) is 18.3. The maximum atomic E-state index is 13.3. The van der Waals surface area contributed by atoms with Crippen LogP contribution in [-0.4, -0.2) is 66.0 Å². The molecule has 12 heteroatoms. The highest BCUT2D eigenvalue weighted by atomic mass is 35.5. The molecule has 6 unspecified atom stereocenters. The number of carbonyl (C=O) groups excluding carboxylic acids is 4. The summed E-state index contributed by atoms with van der Waals surface area (Å²) in [4.78, 5) is 53.2. The molecule has 0 amide bonds. The summed E-state index contributed by atoms with van der Waals surface area (Å²) in [6.45, 7) is 19.3. The average molecular weight is 746 g/mol. The van der Waals surface area contributed by atoms with Gasteiger partial charge in [0.2, 0.25) is 12.4 Å². The predicted molar refractivity (Wildman–Crippen MR) is 193 cm³/mol. The molecule has 1 aromatic carbocycles. The van der Waals surface area contributed by atoms with Gasteiger partial charge in [0.05, 0.1) is 16.7 Å². The Labute approximate surface area is 310 Å². The Bertz CT molecular complexity index is 1590. The molecular weight excluding hydrogens is 694 g/mol. The monoisotopic (exact) mass is 745 g/mol. The molecule has 0 N–H and O–H groups in total. The first kappa shape index (κ1) is 39.2. The van der Waals surface area contributed by atoms with Crippen molar-refractivity contribution >= 4 is 47.3 Å². The molecule has 6 heterocycles. The summed E-state index contributed by atoms with van der Waals surface area (Å²) in [5.41, 5.74) is -0.913. The Hall–Kier alpha value is -2.99. The molecule has 6 aliphatic rings. The lowest BCUT2D eigenvalue weighted by Crippen LogP contribution is -2.59. The van der Waals surface area contributed by atoms with Gasteiger partial charge in [-0.2, -0.15) is 0 Å². The van der Waals surface area contributed by atoms with Crippen LogP contribution in [0.4, 0.5) is 0 Å². The lowest BCUT2D eigenvalue weighted by Gasteiger charge is -2.44. The second-order valence-electron chi connectivity index (χ2n) is 14.8. The summed E-state index contributed by atoms with van der Waals surface area (Å²) in [6.07, 6.45) is -0.650. The Morgan fingerprint density at radius 1 is 1.08 bits per heavy atom. The molecule has 1 saturated carbocycles. The molecule has 5 aliphatic heterocycles. The number of rotatable bonds is 6. The van der Waals surface area contributed by atoms with Gasteiger partial charge < -0.3 is 23.7 Å². The molecule has 51 heavy (non-hydrogen) atoms. The summed E-state index contributed by atoms with van der Waals surface area (Å²) < 4.78 is 28.2. The summed E-state index contributed by atoms with van der Waals surface area (Å²) in [5, 5.41) is 3.08. The average Bonchev–Trinajstić information content (AvgIpc) is 3.88. The van der Waals surface area contributed by atoms with Crippen molar-refractivity contribution in [3.05, 3.63) is 56.7 Å². The van der Waals surface area contributed by atoms with Gasteiger partial charge in [-0.1, -0.05) is 84.7 Å². The van der Waals surface area contributed by atoms with Gasteiger partial charge in [-0.25, -0.2) is 9.59 Å². The minimum atomic E-state index is -1.48. The maximum absolute atomic E-state index is 13.3. The first-order valence-corrected chi connectivity index (χ1v) is 19.5. The number of nitrogens with zero attached hydrogens (tertiary/aromatic N) is 1. The molecule has 5 fully saturated rings. The third-order valence-electron chi connectivity index (χ3n) is 11.0. The van der Waals surface area contributed by atoms with Gasteiger partial charge in [-0.05, 0) is 60.7 Å². The number of carbonyl (C=O) groups is 4. The van der Waals surface area contributed by atoms with E-state index in [4.69, 9.17) is 35.3 Å². The zero-order valence-electron chi connectivity index (χ0n) is 30.9. The predicted octanol–water partition coefficient (Wildman–Crippen LogP) is 7.13. The molecule has 4 saturated heterocycles. The fraction of sp³-hybridized carbons (Fsp3) is 0.641. The number of benzene rings is 1. The van der Waals surface area contributed by atoms with E-state index in [9.17, 15) is 19.2 Å². The fourth-order valence-corrected chi connectivity index (χ4v) is 10.2. The zero-order chi connectivity index (χ0) is 37.3. The molecule has 1 aromatic heterocycles.